The highest BCUT2D eigenvalue weighted by molar-refractivity contribution is 5.86. The number of hydrogen-bond acceptors (Lipinski definition) is 3. The van der Waals surface area contributed by atoms with Crippen LogP contribution in [0.4, 0.5) is 8.78 Å². The van der Waals surface area contributed by atoms with Crippen molar-refractivity contribution in [2.75, 3.05) is 0 Å². The Morgan fingerprint density at radius 1 is 1.53 bits per heavy atom. The fourth-order valence-corrected chi connectivity index (χ4v) is 2.08. The molecular formula is C10H13F2N3O2. The quantitative estimate of drug-likeness (QED) is 0.883. The third kappa shape index (κ3) is 2.01. The second-order valence-corrected chi connectivity index (χ2v) is 4.31. The van der Waals surface area contributed by atoms with Gasteiger partial charge < -0.3 is 5.11 Å². The largest absolute Gasteiger partial charge is 0.476 e. The summed E-state index contributed by atoms with van der Waals surface area (Å²) in [5, 5.41) is 15.7. The van der Waals surface area contributed by atoms with Gasteiger partial charge in [-0.1, -0.05) is 11.6 Å². The zero-order chi connectivity index (χ0) is 12.6. The number of rotatable bonds is 4. The van der Waals surface area contributed by atoms with E-state index in [1.54, 1.807) is 6.92 Å². The number of carboxylic acid groups (broad SMARTS) is 1. The first-order valence-electron chi connectivity index (χ1n) is 5.49. The Morgan fingerprint density at radius 2 is 2.18 bits per heavy atom. The molecule has 0 aromatic carbocycles. The average Bonchev–Trinajstić information content (AvgIpc) is 2.58. The van der Waals surface area contributed by atoms with Gasteiger partial charge in [-0.25, -0.2) is 18.3 Å². The molecule has 1 N–H and O–H groups in total. The van der Waals surface area contributed by atoms with Crippen LogP contribution in [0.2, 0.25) is 0 Å². The lowest BCUT2D eigenvalue weighted by Crippen LogP contribution is -2.25. The van der Waals surface area contributed by atoms with E-state index < -0.39 is 23.8 Å². The zero-order valence-electron chi connectivity index (χ0n) is 9.31. The van der Waals surface area contributed by atoms with Crippen LogP contribution >= 0.6 is 0 Å². The average molecular weight is 245 g/mol. The molecule has 0 spiro atoms. The van der Waals surface area contributed by atoms with E-state index in [0.717, 1.165) is 23.9 Å². The first kappa shape index (κ1) is 11.9. The molecule has 94 valence electrons. The van der Waals surface area contributed by atoms with Gasteiger partial charge in [-0.3, -0.25) is 0 Å². The van der Waals surface area contributed by atoms with Gasteiger partial charge in [0.05, 0.1) is 6.04 Å². The topological polar surface area (TPSA) is 68.0 Å². The molecular weight excluding hydrogens is 232 g/mol. The van der Waals surface area contributed by atoms with Crippen LogP contribution in [0.5, 0.6) is 0 Å². The van der Waals surface area contributed by atoms with Crippen molar-refractivity contribution in [3.63, 3.8) is 0 Å². The molecule has 1 aromatic rings. The van der Waals surface area contributed by atoms with Crippen molar-refractivity contribution >= 4 is 5.97 Å². The summed E-state index contributed by atoms with van der Waals surface area (Å²) >= 11 is 0. The predicted octanol–water partition coefficient (Wildman–Crippen LogP) is 2.28. The minimum absolute atomic E-state index is 0.228. The number of carboxylic acids is 1. The van der Waals surface area contributed by atoms with Gasteiger partial charge in [0.1, 0.15) is 5.69 Å². The van der Waals surface area contributed by atoms with Crippen LogP contribution in [-0.2, 0) is 0 Å². The minimum atomic E-state index is -2.88. The molecule has 1 aliphatic rings. The van der Waals surface area contributed by atoms with Crippen LogP contribution in [-0.4, -0.2) is 26.1 Å². The predicted molar refractivity (Wildman–Crippen MR) is 54.0 cm³/mol. The van der Waals surface area contributed by atoms with Gasteiger partial charge >= 0.3 is 5.97 Å². The summed E-state index contributed by atoms with van der Waals surface area (Å²) in [6.45, 7) is 1.77. The maximum atomic E-state index is 12.9. The Bertz CT molecular complexity index is 429. The third-order valence-electron chi connectivity index (χ3n) is 3.36. The standard InChI is InChI=1S/C10H13F2N3O2/c1-5(6-3-2-4-6)15-8(9(11)12)7(10(16)17)13-14-15/h5-6,9H,2-4H2,1H3,(H,16,17). The van der Waals surface area contributed by atoms with Crippen LogP contribution in [0, 0.1) is 5.92 Å². The van der Waals surface area contributed by atoms with Gasteiger partial charge in [-0.15, -0.1) is 5.10 Å². The summed E-state index contributed by atoms with van der Waals surface area (Å²) in [6.07, 6.45) is 0.135. The summed E-state index contributed by atoms with van der Waals surface area (Å²) in [6, 6.07) is -0.228. The fraction of sp³-hybridized carbons (Fsp3) is 0.700. The van der Waals surface area contributed by atoms with E-state index in [9.17, 15) is 13.6 Å². The molecule has 7 heteroatoms. The zero-order valence-corrected chi connectivity index (χ0v) is 9.31. The number of aromatic nitrogens is 3. The van der Waals surface area contributed by atoms with E-state index >= 15 is 0 Å². The fourth-order valence-electron chi connectivity index (χ4n) is 2.08. The molecule has 5 nitrogen and oxygen atoms in total. The molecule has 0 amide bonds. The third-order valence-corrected chi connectivity index (χ3v) is 3.36. The van der Waals surface area contributed by atoms with E-state index in [4.69, 9.17) is 5.11 Å². The van der Waals surface area contributed by atoms with E-state index in [0.29, 0.717) is 0 Å². The number of carbonyl (C=O) groups is 1. The van der Waals surface area contributed by atoms with Crippen LogP contribution in [0.15, 0.2) is 0 Å². The number of hydrogen-bond donors (Lipinski definition) is 1. The Labute approximate surface area is 96.4 Å². The molecule has 0 saturated heterocycles. The number of halogens is 2. The SMILES string of the molecule is CC(C1CCC1)n1nnc(C(=O)O)c1C(F)F. The lowest BCUT2D eigenvalue weighted by molar-refractivity contribution is 0.0673. The van der Waals surface area contributed by atoms with Crippen molar-refractivity contribution in [2.24, 2.45) is 5.92 Å². The molecule has 1 atom stereocenters. The highest BCUT2D eigenvalue weighted by Crippen LogP contribution is 2.37. The molecule has 1 aliphatic carbocycles. The van der Waals surface area contributed by atoms with Gasteiger partial charge in [0.25, 0.3) is 6.43 Å². The van der Waals surface area contributed by atoms with E-state index in [1.807, 2.05) is 0 Å². The van der Waals surface area contributed by atoms with E-state index in [-0.39, 0.29) is 12.0 Å². The Morgan fingerprint density at radius 3 is 2.59 bits per heavy atom. The Balaban J connectivity index is 2.35. The van der Waals surface area contributed by atoms with Gasteiger partial charge in [-0.2, -0.15) is 0 Å². The smallest absolute Gasteiger partial charge is 0.358 e. The van der Waals surface area contributed by atoms with Crippen LogP contribution in [0.1, 0.15) is 54.8 Å². The monoisotopic (exact) mass is 245 g/mol. The lowest BCUT2D eigenvalue weighted by Gasteiger charge is -2.31. The molecule has 1 saturated carbocycles. The first-order chi connectivity index (χ1) is 8.02. The maximum Gasteiger partial charge on any atom is 0.358 e. The Kier molecular flexibility index (Phi) is 3.08. The number of aromatic carboxylic acids is 1. The molecule has 1 heterocycles. The number of alkyl halides is 2. The van der Waals surface area contributed by atoms with E-state index in [2.05, 4.69) is 10.3 Å². The normalized spacial score (nSPS) is 18.1. The lowest BCUT2D eigenvalue weighted by atomic mass is 9.80. The van der Waals surface area contributed by atoms with Gasteiger partial charge in [-0.05, 0) is 25.7 Å². The van der Waals surface area contributed by atoms with Crippen LogP contribution in [0.25, 0.3) is 0 Å². The van der Waals surface area contributed by atoms with Gasteiger partial charge in [0.15, 0.2) is 5.69 Å². The molecule has 1 unspecified atom stereocenters. The molecule has 17 heavy (non-hydrogen) atoms. The second-order valence-electron chi connectivity index (χ2n) is 4.31. The van der Waals surface area contributed by atoms with E-state index in [1.165, 1.54) is 0 Å². The maximum absolute atomic E-state index is 12.9. The Hall–Kier alpha value is -1.53. The van der Waals surface area contributed by atoms with Gasteiger partial charge in [0, 0.05) is 0 Å². The summed E-state index contributed by atoms with van der Waals surface area (Å²) in [5.41, 5.74) is -1.23. The van der Waals surface area contributed by atoms with Gasteiger partial charge in [0.2, 0.25) is 0 Å². The molecule has 2 rings (SSSR count). The van der Waals surface area contributed by atoms with Crippen molar-refractivity contribution < 1.29 is 18.7 Å². The summed E-state index contributed by atoms with van der Waals surface area (Å²) in [5.74, 6) is -1.18. The summed E-state index contributed by atoms with van der Waals surface area (Å²) in [4.78, 5) is 10.8. The highest BCUT2D eigenvalue weighted by Gasteiger charge is 2.33. The van der Waals surface area contributed by atoms with Crippen LogP contribution in [0.3, 0.4) is 0 Å². The van der Waals surface area contributed by atoms with Crippen molar-refractivity contribution in [2.45, 2.75) is 38.7 Å². The minimum Gasteiger partial charge on any atom is -0.476 e. The van der Waals surface area contributed by atoms with Crippen LogP contribution < -0.4 is 0 Å². The second kappa shape index (κ2) is 4.38. The molecule has 0 aliphatic heterocycles. The summed E-state index contributed by atoms with van der Waals surface area (Å²) in [7, 11) is 0. The summed E-state index contributed by atoms with van der Waals surface area (Å²) < 4.78 is 26.8. The van der Waals surface area contributed by atoms with Crippen molar-refractivity contribution in [1.29, 1.82) is 0 Å². The van der Waals surface area contributed by atoms with Crippen molar-refractivity contribution in [1.82, 2.24) is 15.0 Å². The van der Waals surface area contributed by atoms with Crippen molar-refractivity contribution in [3.8, 4) is 0 Å². The number of nitrogens with zero attached hydrogens (tertiary/aromatic N) is 3. The molecule has 1 aromatic heterocycles. The van der Waals surface area contributed by atoms with Crippen molar-refractivity contribution in [3.05, 3.63) is 11.4 Å². The molecule has 0 bridgehead atoms. The highest BCUT2D eigenvalue weighted by atomic mass is 19.3. The molecule has 1 fully saturated rings. The first-order valence-corrected chi connectivity index (χ1v) is 5.49. The molecule has 0 radical (unpaired) electrons.